The summed E-state index contributed by atoms with van der Waals surface area (Å²) in [7, 11) is 0. The summed E-state index contributed by atoms with van der Waals surface area (Å²) in [4.78, 5) is 0. The van der Waals surface area contributed by atoms with Gasteiger partial charge in [0, 0.05) is 0 Å². The first-order valence-electron chi connectivity index (χ1n) is 8.37. The highest BCUT2D eigenvalue weighted by atomic mass is 14.8. The average Bonchev–Trinajstić information content (AvgIpc) is 2.42. The fourth-order valence-corrected chi connectivity index (χ4v) is 3.64. The fourth-order valence-electron chi connectivity index (χ4n) is 3.64. The molecule has 0 aliphatic heterocycles. The average molecular weight is 273 g/mol. The summed E-state index contributed by atoms with van der Waals surface area (Å²) >= 11 is 0. The number of aryl methyl sites for hydroxylation is 2. The molecular formula is C19H31N. The first kappa shape index (κ1) is 15.6. The smallest absolute Gasteiger partial charge is 0.00179 e. The second kappa shape index (κ2) is 7.26. The largest absolute Gasteiger partial charge is 0.317 e. The first-order chi connectivity index (χ1) is 9.60. The number of hydrogen-bond acceptors (Lipinski definition) is 1. The van der Waals surface area contributed by atoms with Crippen molar-refractivity contribution >= 4 is 0 Å². The van der Waals surface area contributed by atoms with Crippen LogP contribution < -0.4 is 5.32 Å². The Bertz CT molecular complexity index is 422. The van der Waals surface area contributed by atoms with Crippen LogP contribution in [0.3, 0.4) is 0 Å². The molecule has 0 spiro atoms. The van der Waals surface area contributed by atoms with Crippen molar-refractivity contribution in [3.05, 3.63) is 34.9 Å². The Balaban J connectivity index is 2.04. The van der Waals surface area contributed by atoms with Crippen LogP contribution in [0.15, 0.2) is 18.2 Å². The van der Waals surface area contributed by atoms with E-state index in [2.05, 4.69) is 51.2 Å². The third-order valence-electron chi connectivity index (χ3n) is 5.13. The molecule has 20 heavy (non-hydrogen) atoms. The van der Waals surface area contributed by atoms with Gasteiger partial charge in [-0.05, 0) is 80.6 Å². The molecule has 3 unspecified atom stereocenters. The topological polar surface area (TPSA) is 12.0 Å². The molecule has 1 nitrogen and oxygen atoms in total. The van der Waals surface area contributed by atoms with Crippen molar-refractivity contribution in [2.75, 3.05) is 13.1 Å². The monoisotopic (exact) mass is 273 g/mol. The van der Waals surface area contributed by atoms with E-state index in [1.165, 1.54) is 48.9 Å². The zero-order valence-corrected chi connectivity index (χ0v) is 13.7. The lowest BCUT2D eigenvalue weighted by Gasteiger charge is -2.35. The van der Waals surface area contributed by atoms with E-state index in [0.717, 1.165) is 24.3 Å². The maximum Gasteiger partial charge on any atom is -0.00179 e. The standard InChI is InChI=1S/C19H31N/c1-5-20-13-18-9-6-14(2)10-19(18)12-17-8-7-15(3)16(4)11-17/h7-8,11,14,18-20H,5-6,9-10,12-13H2,1-4H3. The number of nitrogens with one attached hydrogen (secondary N) is 1. The molecule has 0 amide bonds. The van der Waals surface area contributed by atoms with Crippen molar-refractivity contribution in [3.8, 4) is 0 Å². The summed E-state index contributed by atoms with van der Waals surface area (Å²) in [6, 6.07) is 7.03. The molecule has 0 aromatic heterocycles. The van der Waals surface area contributed by atoms with Gasteiger partial charge in [-0.2, -0.15) is 0 Å². The second-order valence-corrected chi connectivity index (χ2v) is 6.87. The van der Waals surface area contributed by atoms with E-state index in [0.29, 0.717) is 0 Å². The van der Waals surface area contributed by atoms with Crippen LogP contribution in [0, 0.1) is 31.6 Å². The van der Waals surface area contributed by atoms with Crippen LogP contribution >= 0.6 is 0 Å². The lowest BCUT2D eigenvalue weighted by atomic mass is 9.72. The Labute approximate surface area is 125 Å². The van der Waals surface area contributed by atoms with Crippen LogP contribution in [0.2, 0.25) is 0 Å². The van der Waals surface area contributed by atoms with Gasteiger partial charge in [-0.15, -0.1) is 0 Å². The van der Waals surface area contributed by atoms with Gasteiger partial charge < -0.3 is 5.32 Å². The lowest BCUT2D eigenvalue weighted by Crippen LogP contribution is -2.33. The van der Waals surface area contributed by atoms with Gasteiger partial charge >= 0.3 is 0 Å². The van der Waals surface area contributed by atoms with Crippen LogP contribution in [0.25, 0.3) is 0 Å². The molecule has 0 saturated heterocycles. The van der Waals surface area contributed by atoms with Gasteiger partial charge in [-0.25, -0.2) is 0 Å². The minimum Gasteiger partial charge on any atom is -0.317 e. The van der Waals surface area contributed by atoms with Gasteiger partial charge in [0.2, 0.25) is 0 Å². The van der Waals surface area contributed by atoms with Gasteiger partial charge in [-0.1, -0.05) is 38.5 Å². The molecule has 0 radical (unpaired) electrons. The molecule has 1 aromatic carbocycles. The molecule has 0 bridgehead atoms. The molecule has 1 N–H and O–H groups in total. The molecule has 0 heterocycles. The van der Waals surface area contributed by atoms with Crippen molar-refractivity contribution in [1.29, 1.82) is 0 Å². The van der Waals surface area contributed by atoms with Gasteiger partial charge in [-0.3, -0.25) is 0 Å². The Morgan fingerprint density at radius 1 is 1.10 bits per heavy atom. The third-order valence-corrected chi connectivity index (χ3v) is 5.13. The summed E-state index contributed by atoms with van der Waals surface area (Å²) in [5.74, 6) is 2.64. The molecule has 1 fully saturated rings. The molecule has 1 aliphatic carbocycles. The molecular weight excluding hydrogens is 242 g/mol. The first-order valence-corrected chi connectivity index (χ1v) is 8.37. The highest BCUT2D eigenvalue weighted by Crippen LogP contribution is 2.35. The predicted molar refractivity (Wildman–Crippen MR) is 88.2 cm³/mol. The van der Waals surface area contributed by atoms with Crippen LogP contribution in [-0.4, -0.2) is 13.1 Å². The van der Waals surface area contributed by atoms with Crippen molar-refractivity contribution in [2.24, 2.45) is 17.8 Å². The minimum atomic E-state index is 0.861. The van der Waals surface area contributed by atoms with Gasteiger partial charge in [0.15, 0.2) is 0 Å². The molecule has 1 aliphatic rings. The van der Waals surface area contributed by atoms with Gasteiger partial charge in [0.25, 0.3) is 0 Å². The van der Waals surface area contributed by atoms with Crippen LogP contribution in [0.1, 0.15) is 49.8 Å². The van der Waals surface area contributed by atoms with Gasteiger partial charge in [0.05, 0.1) is 0 Å². The van der Waals surface area contributed by atoms with Crippen molar-refractivity contribution in [2.45, 2.75) is 53.4 Å². The normalized spacial score (nSPS) is 26.7. The zero-order valence-electron chi connectivity index (χ0n) is 13.7. The van der Waals surface area contributed by atoms with E-state index in [1.807, 2.05) is 0 Å². The van der Waals surface area contributed by atoms with Gasteiger partial charge in [0.1, 0.15) is 0 Å². The molecule has 1 saturated carbocycles. The highest BCUT2D eigenvalue weighted by molar-refractivity contribution is 5.30. The Morgan fingerprint density at radius 3 is 2.60 bits per heavy atom. The summed E-state index contributed by atoms with van der Waals surface area (Å²) in [5, 5.41) is 3.57. The molecule has 2 rings (SSSR count). The quantitative estimate of drug-likeness (QED) is 0.832. The maximum atomic E-state index is 3.57. The molecule has 112 valence electrons. The van der Waals surface area contributed by atoms with Crippen molar-refractivity contribution in [1.82, 2.24) is 5.32 Å². The summed E-state index contributed by atoms with van der Waals surface area (Å²) in [6.45, 7) is 11.4. The second-order valence-electron chi connectivity index (χ2n) is 6.87. The number of benzene rings is 1. The third kappa shape index (κ3) is 4.09. The lowest BCUT2D eigenvalue weighted by molar-refractivity contribution is 0.184. The number of rotatable bonds is 5. The van der Waals surface area contributed by atoms with E-state index in [1.54, 1.807) is 0 Å². The predicted octanol–water partition coefficient (Wildman–Crippen LogP) is 4.51. The molecule has 3 atom stereocenters. The SMILES string of the molecule is CCNCC1CCC(C)CC1Cc1ccc(C)c(C)c1. The Morgan fingerprint density at radius 2 is 1.90 bits per heavy atom. The van der Waals surface area contributed by atoms with Crippen LogP contribution in [-0.2, 0) is 6.42 Å². The van der Waals surface area contributed by atoms with E-state index in [9.17, 15) is 0 Å². The summed E-state index contributed by atoms with van der Waals surface area (Å²) in [6.07, 6.45) is 5.49. The zero-order chi connectivity index (χ0) is 14.5. The van der Waals surface area contributed by atoms with Crippen molar-refractivity contribution in [3.63, 3.8) is 0 Å². The summed E-state index contributed by atoms with van der Waals surface area (Å²) in [5.41, 5.74) is 4.39. The minimum absolute atomic E-state index is 0.861. The van der Waals surface area contributed by atoms with Crippen LogP contribution in [0.4, 0.5) is 0 Å². The van der Waals surface area contributed by atoms with Crippen molar-refractivity contribution < 1.29 is 0 Å². The molecule has 1 aromatic rings. The van der Waals surface area contributed by atoms with E-state index < -0.39 is 0 Å². The fraction of sp³-hybridized carbons (Fsp3) is 0.684. The maximum absolute atomic E-state index is 3.57. The Kier molecular flexibility index (Phi) is 5.65. The summed E-state index contributed by atoms with van der Waals surface area (Å²) < 4.78 is 0. The number of hydrogen-bond donors (Lipinski definition) is 1. The Hall–Kier alpha value is -0.820. The molecule has 1 heteroatoms. The van der Waals surface area contributed by atoms with E-state index in [-0.39, 0.29) is 0 Å². The van der Waals surface area contributed by atoms with Crippen LogP contribution in [0.5, 0.6) is 0 Å². The highest BCUT2D eigenvalue weighted by Gasteiger charge is 2.28. The van der Waals surface area contributed by atoms with E-state index in [4.69, 9.17) is 0 Å². The van der Waals surface area contributed by atoms with E-state index >= 15 is 0 Å².